The Kier molecular flexibility index (Phi) is 3.61. The van der Waals surface area contributed by atoms with Crippen LogP contribution in [0.15, 0.2) is 36.4 Å². The van der Waals surface area contributed by atoms with E-state index in [0.29, 0.717) is 0 Å². The van der Waals surface area contributed by atoms with Crippen molar-refractivity contribution >= 4 is 35.0 Å². The van der Waals surface area contributed by atoms with E-state index in [-0.39, 0.29) is 27.4 Å². The Hall–Kier alpha value is -2.73. The number of benzene rings is 2. The number of amides is 3. The number of nitrogens with one attached hydrogen (secondary N) is 1. The number of imide groups is 1. The predicted octanol–water partition coefficient (Wildman–Crippen LogP) is 2.96. The number of halogens is 2. The van der Waals surface area contributed by atoms with Crippen molar-refractivity contribution in [1.82, 2.24) is 4.90 Å². The van der Waals surface area contributed by atoms with Crippen molar-refractivity contribution in [2.45, 2.75) is 0 Å². The first-order valence-electron chi connectivity index (χ1n) is 6.61. The summed E-state index contributed by atoms with van der Waals surface area (Å²) in [5, 5.41) is 2.46. The van der Waals surface area contributed by atoms with Gasteiger partial charge in [0.05, 0.1) is 16.1 Å². The van der Waals surface area contributed by atoms with Crippen molar-refractivity contribution in [2.24, 2.45) is 0 Å². The molecule has 2 aromatic rings. The first kappa shape index (κ1) is 15.2. The molecule has 0 radical (unpaired) electrons. The van der Waals surface area contributed by atoms with E-state index in [2.05, 4.69) is 5.32 Å². The summed E-state index contributed by atoms with van der Waals surface area (Å²) in [6.07, 6.45) is 0. The summed E-state index contributed by atoms with van der Waals surface area (Å²) in [5.74, 6) is -2.04. The lowest BCUT2D eigenvalue weighted by Gasteiger charge is -2.07. The molecule has 7 heteroatoms. The van der Waals surface area contributed by atoms with E-state index in [1.165, 1.54) is 37.4 Å². The van der Waals surface area contributed by atoms with Crippen LogP contribution in [0, 0.1) is 5.82 Å². The average Bonchev–Trinajstić information content (AvgIpc) is 2.75. The molecule has 3 rings (SSSR count). The topological polar surface area (TPSA) is 66.5 Å². The summed E-state index contributed by atoms with van der Waals surface area (Å²) < 4.78 is 13.4. The zero-order chi connectivity index (χ0) is 16.7. The Morgan fingerprint density at radius 2 is 1.78 bits per heavy atom. The van der Waals surface area contributed by atoms with Crippen LogP contribution < -0.4 is 5.32 Å². The summed E-state index contributed by atoms with van der Waals surface area (Å²) >= 11 is 5.58. The van der Waals surface area contributed by atoms with Gasteiger partial charge >= 0.3 is 0 Å². The van der Waals surface area contributed by atoms with Crippen molar-refractivity contribution in [2.75, 3.05) is 12.4 Å². The van der Waals surface area contributed by atoms with Crippen LogP contribution >= 0.6 is 11.6 Å². The Bertz CT molecular complexity index is 866. The van der Waals surface area contributed by atoms with Gasteiger partial charge in [0.25, 0.3) is 17.7 Å². The van der Waals surface area contributed by atoms with Gasteiger partial charge in [0.1, 0.15) is 5.82 Å². The van der Waals surface area contributed by atoms with Crippen LogP contribution in [0.2, 0.25) is 5.02 Å². The summed E-state index contributed by atoms with van der Waals surface area (Å²) in [5.41, 5.74) is 0.853. The number of hydrogen-bond acceptors (Lipinski definition) is 3. The monoisotopic (exact) mass is 332 g/mol. The molecule has 0 atom stereocenters. The standard InChI is InChI=1S/C16H10ClFN2O3/c1-20-15(22)10-4-2-8(6-11(10)16(20)23)14(21)19-9-3-5-12(17)13(18)7-9/h2-7H,1H3,(H,19,21). The van der Waals surface area contributed by atoms with E-state index in [1.54, 1.807) is 0 Å². The molecule has 5 nitrogen and oxygen atoms in total. The Morgan fingerprint density at radius 3 is 2.48 bits per heavy atom. The van der Waals surface area contributed by atoms with Crippen molar-refractivity contribution in [1.29, 1.82) is 0 Å². The molecule has 0 aromatic heterocycles. The van der Waals surface area contributed by atoms with Crippen molar-refractivity contribution < 1.29 is 18.8 Å². The molecule has 0 saturated carbocycles. The summed E-state index contributed by atoms with van der Waals surface area (Å²) in [6, 6.07) is 8.09. The van der Waals surface area contributed by atoms with E-state index in [4.69, 9.17) is 11.6 Å². The van der Waals surface area contributed by atoms with Gasteiger partial charge in [-0.15, -0.1) is 0 Å². The van der Waals surface area contributed by atoms with Crippen LogP contribution in [-0.4, -0.2) is 29.7 Å². The second-order valence-electron chi connectivity index (χ2n) is 5.01. The fraction of sp³-hybridized carbons (Fsp3) is 0.0625. The van der Waals surface area contributed by atoms with Crippen molar-refractivity contribution in [3.8, 4) is 0 Å². The molecule has 1 aliphatic heterocycles. The number of anilines is 1. The third kappa shape index (κ3) is 2.57. The smallest absolute Gasteiger partial charge is 0.261 e. The largest absolute Gasteiger partial charge is 0.322 e. The molecular formula is C16H10ClFN2O3. The van der Waals surface area contributed by atoms with Gasteiger partial charge in [-0.25, -0.2) is 4.39 Å². The van der Waals surface area contributed by atoms with E-state index in [9.17, 15) is 18.8 Å². The minimum atomic E-state index is -0.652. The van der Waals surface area contributed by atoms with Gasteiger partial charge in [-0.05, 0) is 36.4 Å². The molecule has 1 aliphatic rings. The first-order valence-corrected chi connectivity index (χ1v) is 6.99. The Labute approximate surface area is 135 Å². The maximum Gasteiger partial charge on any atom is 0.261 e. The molecule has 1 N–H and O–H groups in total. The Morgan fingerprint density at radius 1 is 1.09 bits per heavy atom. The predicted molar refractivity (Wildman–Crippen MR) is 82.2 cm³/mol. The zero-order valence-corrected chi connectivity index (χ0v) is 12.6. The lowest BCUT2D eigenvalue weighted by Crippen LogP contribution is -2.24. The summed E-state index contributed by atoms with van der Waals surface area (Å²) in [4.78, 5) is 36.9. The number of nitrogens with zero attached hydrogens (tertiary/aromatic N) is 1. The quantitative estimate of drug-likeness (QED) is 0.860. The summed E-state index contributed by atoms with van der Waals surface area (Å²) in [6.45, 7) is 0. The van der Waals surface area contributed by atoms with E-state index in [1.807, 2.05) is 0 Å². The normalized spacial score (nSPS) is 13.3. The van der Waals surface area contributed by atoms with Crippen molar-refractivity contribution in [3.63, 3.8) is 0 Å². The maximum absolute atomic E-state index is 13.4. The fourth-order valence-corrected chi connectivity index (χ4v) is 2.40. The second kappa shape index (κ2) is 5.48. The van der Waals surface area contributed by atoms with Gasteiger partial charge < -0.3 is 5.32 Å². The fourth-order valence-electron chi connectivity index (χ4n) is 2.28. The number of carbonyl (C=O) groups excluding carboxylic acids is 3. The lowest BCUT2D eigenvalue weighted by atomic mass is 10.1. The Balaban J connectivity index is 1.88. The van der Waals surface area contributed by atoms with Crippen LogP contribution in [0.25, 0.3) is 0 Å². The minimum Gasteiger partial charge on any atom is -0.322 e. The third-order valence-corrected chi connectivity index (χ3v) is 3.84. The van der Waals surface area contributed by atoms with Crippen LogP contribution in [0.3, 0.4) is 0 Å². The molecular weight excluding hydrogens is 323 g/mol. The third-order valence-electron chi connectivity index (χ3n) is 3.53. The first-order chi connectivity index (χ1) is 10.9. The molecule has 3 amide bonds. The number of fused-ring (bicyclic) bond motifs is 1. The maximum atomic E-state index is 13.4. The number of rotatable bonds is 2. The molecule has 0 spiro atoms. The van der Waals surface area contributed by atoms with Crippen LogP contribution in [0.5, 0.6) is 0 Å². The molecule has 0 saturated heterocycles. The molecule has 0 unspecified atom stereocenters. The minimum absolute atomic E-state index is 0.0484. The van der Waals surface area contributed by atoms with Gasteiger partial charge in [0.2, 0.25) is 0 Å². The SMILES string of the molecule is CN1C(=O)c2ccc(C(=O)Nc3ccc(Cl)c(F)c3)cc2C1=O. The molecule has 0 fully saturated rings. The highest BCUT2D eigenvalue weighted by molar-refractivity contribution is 6.30. The van der Waals surface area contributed by atoms with Crippen LogP contribution in [0.1, 0.15) is 31.1 Å². The van der Waals surface area contributed by atoms with Gasteiger partial charge in [0, 0.05) is 18.3 Å². The molecule has 1 heterocycles. The van der Waals surface area contributed by atoms with E-state index < -0.39 is 23.5 Å². The second-order valence-corrected chi connectivity index (χ2v) is 5.42. The zero-order valence-electron chi connectivity index (χ0n) is 11.9. The van der Waals surface area contributed by atoms with Gasteiger partial charge in [0.15, 0.2) is 0 Å². The molecule has 116 valence electrons. The lowest BCUT2D eigenvalue weighted by molar-refractivity contribution is 0.0693. The highest BCUT2D eigenvalue weighted by Crippen LogP contribution is 2.24. The van der Waals surface area contributed by atoms with Crippen LogP contribution in [-0.2, 0) is 0 Å². The van der Waals surface area contributed by atoms with E-state index >= 15 is 0 Å². The molecule has 0 bridgehead atoms. The average molecular weight is 333 g/mol. The highest BCUT2D eigenvalue weighted by Gasteiger charge is 2.33. The summed E-state index contributed by atoms with van der Waals surface area (Å²) in [7, 11) is 1.38. The van der Waals surface area contributed by atoms with Crippen molar-refractivity contribution in [3.05, 3.63) is 63.9 Å². The van der Waals surface area contributed by atoms with Gasteiger partial charge in [-0.3, -0.25) is 19.3 Å². The van der Waals surface area contributed by atoms with E-state index in [0.717, 1.165) is 11.0 Å². The molecule has 0 aliphatic carbocycles. The van der Waals surface area contributed by atoms with Gasteiger partial charge in [-0.1, -0.05) is 11.6 Å². The number of carbonyl (C=O) groups is 3. The molecule has 23 heavy (non-hydrogen) atoms. The highest BCUT2D eigenvalue weighted by atomic mass is 35.5. The molecule has 2 aromatic carbocycles. The van der Waals surface area contributed by atoms with Gasteiger partial charge in [-0.2, -0.15) is 0 Å². The van der Waals surface area contributed by atoms with Crippen LogP contribution in [0.4, 0.5) is 10.1 Å². The number of hydrogen-bond donors (Lipinski definition) is 1.